The van der Waals surface area contributed by atoms with Crippen molar-refractivity contribution in [3.8, 4) is 0 Å². The molecule has 0 radical (unpaired) electrons. The van der Waals surface area contributed by atoms with Gasteiger partial charge in [0, 0.05) is 27.7 Å². The second-order valence-electron chi connectivity index (χ2n) is 9.91. The summed E-state index contributed by atoms with van der Waals surface area (Å²) in [6, 6.07) is 9.45. The molecule has 0 aromatic heterocycles. The predicted octanol–water partition coefficient (Wildman–Crippen LogP) is 2.24. The van der Waals surface area contributed by atoms with Gasteiger partial charge in [-0.15, -0.1) is 0 Å². The first-order valence-corrected chi connectivity index (χ1v) is 13.2. The molecule has 0 aliphatic carbocycles. The Morgan fingerprint density at radius 2 is 1.05 bits per heavy atom. The van der Waals surface area contributed by atoms with Crippen molar-refractivity contribution in [2.24, 2.45) is 0 Å². The summed E-state index contributed by atoms with van der Waals surface area (Å²) in [6.07, 6.45) is -9.55. The summed E-state index contributed by atoms with van der Waals surface area (Å²) in [5.74, 6) is -2.61. The van der Waals surface area contributed by atoms with Crippen molar-refractivity contribution in [3.05, 3.63) is 35.9 Å². The highest BCUT2D eigenvalue weighted by Crippen LogP contribution is 2.35. The van der Waals surface area contributed by atoms with E-state index >= 15 is 0 Å². The lowest BCUT2D eigenvalue weighted by molar-refractivity contribution is -0.340. The second-order valence-corrected chi connectivity index (χ2v) is 9.91. The number of benzene rings is 1. The highest BCUT2D eigenvalue weighted by molar-refractivity contribution is 5.68. The summed E-state index contributed by atoms with van der Waals surface area (Å²) in [4.78, 5) is 48.1. The van der Waals surface area contributed by atoms with E-state index in [4.69, 9.17) is 37.9 Å². The average molecular weight is 567 g/mol. The number of carbonyl (C=O) groups is 4. The highest BCUT2D eigenvalue weighted by Gasteiger charge is 2.54. The van der Waals surface area contributed by atoms with E-state index in [1.54, 1.807) is 20.8 Å². The molecule has 2 aliphatic heterocycles. The van der Waals surface area contributed by atoms with E-state index in [0.717, 1.165) is 5.56 Å². The van der Waals surface area contributed by atoms with Gasteiger partial charge in [-0.05, 0) is 26.3 Å². The summed E-state index contributed by atoms with van der Waals surface area (Å²) in [5.41, 5.74) is 0.899. The number of ether oxygens (including phenoxy) is 8. The molecular formula is C28H38O12. The Morgan fingerprint density at radius 3 is 1.60 bits per heavy atom. The molecule has 2 fully saturated rings. The normalized spacial score (nSPS) is 33.9. The van der Waals surface area contributed by atoms with Crippen LogP contribution in [0.25, 0.3) is 0 Å². The molecular weight excluding hydrogens is 528 g/mol. The summed E-state index contributed by atoms with van der Waals surface area (Å²) < 4.78 is 46.7. The molecule has 2 saturated heterocycles. The molecule has 0 N–H and O–H groups in total. The van der Waals surface area contributed by atoms with E-state index < -0.39 is 85.1 Å². The predicted molar refractivity (Wildman–Crippen MR) is 136 cm³/mol. The third-order valence-electron chi connectivity index (χ3n) is 6.51. The molecule has 1 aromatic rings. The van der Waals surface area contributed by atoms with Crippen molar-refractivity contribution in [3.63, 3.8) is 0 Å². The van der Waals surface area contributed by atoms with Crippen LogP contribution in [0.5, 0.6) is 0 Å². The van der Waals surface area contributed by atoms with Gasteiger partial charge in [0.1, 0.15) is 12.2 Å². The maximum Gasteiger partial charge on any atom is 0.303 e. The van der Waals surface area contributed by atoms with Crippen LogP contribution in [-0.4, -0.2) is 85.1 Å². The second kappa shape index (κ2) is 14.0. The van der Waals surface area contributed by atoms with Crippen LogP contribution in [0, 0.1) is 0 Å². The van der Waals surface area contributed by atoms with E-state index in [0.29, 0.717) is 0 Å². The van der Waals surface area contributed by atoms with Crippen LogP contribution in [0.1, 0.15) is 54.0 Å². The molecule has 2 heterocycles. The van der Waals surface area contributed by atoms with Crippen molar-refractivity contribution in [1.82, 2.24) is 0 Å². The molecule has 0 saturated carbocycles. The maximum absolute atomic E-state index is 12.1. The standard InChI is InChI=1S/C28H38O12/c1-14-22(33-13-21-11-9-8-10-12-21)25(23(15(2)34-14)36-17(4)29)40-28-27(39-20(7)32)26(38-19(6)31)24(16(3)35-28)37-18(5)30/h8-12,14-16,22-28H,13H2,1-7H3/t14?,15?,16?,22-,23?,24-,25+,26+,27?,28-/m0/s1. The molecule has 1 aromatic carbocycles. The SMILES string of the molecule is CC(=O)OC1C(C)OC(C)[C@H](OCc2ccccc2)[C@H]1O[C@@H]1OC(C)[C@H](OC(C)=O)[C@@H](OC(C)=O)C1OC(C)=O. The van der Waals surface area contributed by atoms with Crippen molar-refractivity contribution in [2.45, 2.75) is 116 Å². The first kappa shape index (κ1) is 31.5. The van der Waals surface area contributed by atoms with Crippen LogP contribution >= 0.6 is 0 Å². The topological polar surface area (TPSA) is 142 Å². The van der Waals surface area contributed by atoms with Crippen molar-refractivity contribution >= 4 is 23.9 Å². The van der Waals surface area contributed by atoms with Crippen LogP contribution in [0.2, 0.25) is 0 Å². The minimum atomic E-state index is -1.33. The third kappa shape index (κ3) is 8.23. The van der Waals surface area contributed by atoms with E-state index in [9.17, 15) is 19.2 Å². The molecule has 222 valence electrons. The van der Waals surface area contributed by atoms with Crippen molar-refractivity contribution in [1.29, 1.82) is 0 Å². The van der Waals surface area contributed by atoms with Gasteiger partial charge in [-0.3, -0.25) is 19.2 Å². The van der Waals surface area contributed by atoms with E-state index in [2.05, 4.69) is 0 Å². The zero-order chi connectivity index (χ0) is 29.6. The van der Waals surface area contributed by atoms with E-state index in [-0.39, 0.29) is 6.61 Å². The Kier molecular flexibility index (Phi) is 11.0. The molecule has 3 rings (SSSR count). The van der Waals surface area contributed by atoms with Crippen LogP contribution in [0.3, 0.4) is 0 Å². The summed E-state index contributed by atoms with van der Waals surface area (Å²) in [7, 11) is 0. The van der Waals surface area contributed by atoms with E-state index in [1.165, 1.54) is 27.7 Å². The molecule has 40 heavy (non-hydrogen) atoms. The lowest BCUT2D eigenvalue weighted by Gasteiger charge is -2.48. The zero-order valence-corrected chi connectivity index (χ0v) is 23.8. The van der Waals surface area contributed by atoms with Gasteiger partial charge in [-0.2, -0.15) is 0 Å². The maximum atomic E-state index is 12.1. The Morgan fingerprint density at radius 1 is 0.600 bits per heavy atom. The Hall–Kier alpha value is -3.06. The first-order valence-electron chi connectivity index (χ1n) is 13.2. The van der Waals surface area contributed by atoms with Crippen molar-refractivity contribution in [2.75, 3.05) is 0 Å². The fourth-order valence-corrected chi connectivity index (χ4v) is 4.96. The van der Waals surface area contributed by atoms with Gasteiger partial charge < -0.3 is 37.9 Å². The fourth-order valence-electron chi connectivity index (χ4n) is 4.96. The number of hydrogen-bond donors (Lipinski definition) is 0. The lowest BCUT2D eigenvalue weighted by Crippen LogP contribution is -2.65. The summed E-state index contributed by atoms with van der Waals surface area (Å²) in [5, 5.41) is 0. The molecule has 12 heteroatoms. The van der Waals surface area contributed by atoms with Gasteiger partial charge in [0.2, 0.25) is 0 Å². The molecule has 12 nitrogen and oxygen atoms in total. The van der Waals surface area contributed by atoms with Gasteiger partial charge in [-0.1, -0.05) is 30.3 Å². The Labute approximate surface area is 233 Å². The van der Waals surface area contributed by atoms with Crippen LogP contribution in [-0.2, 0) is 63.7 Å². The quantitative estimate of drug-likeness (QED) is 0.319. The molecule has 0 spiro atoms. The fraction of sp³-hybridized carbons (Fsp3) is 0.643. The first-order chi connectivity index (χ1) is 18.9. The summed E-state index contributed by atoms with van der Waals surface area (Å²) >= 11 is 0. The van der Waals surface area contributed by atoms with Crippen LogP contribution in [0.15, 0.2) is 30.3 Å². The molecule has 10 atom stereocenters. The molecule has 0 bridgehead atoms. The van der Waals surface area contributed by atoms with Gasteiger partial charge in [0.15, 0.2) is 30.7 Å². The number of rotatable bonds is 9. The largest absolute Gasteiger partial charge is 0.457 e. The smallest absolute Gasteiger partial charge is 0.303 e. The minimum absolute atomic E-state index is 0.208. The van der Waals surface area contributed by atoms with Crippen LogP contribution in [0.4, 0.5) is 0 Å². The highest BCUT2D eigenvalue weighted by atomic mass is 16.7. The zero-order valence-electron chi connectivity index (χ0n) is 23.8. The van der Waals surface area contributed by atoms with Gasteiger partial charge in [-0.25, -0.2) is 0 Å². The number of carbonyl (C=O) groups excluding carboxylic acids is 4. The molecule has 2 aliphatic rings. The van der Waals surface area contributed by atoms with Crippen LogP contribution < -0.4 is 0 Å². The summed E-state index contributed by atoms with van der Waals surface area (Å²) in [6.45, 7) is 10.2. The number of hydrogen-bond acceptors (Lipinski definition) is 12. The minimum Gasteiger partial charge on any atom is -0.457 e. The monoisotopic (exact) mass is 566 g/mol. The third-order valence-corrected chi connectivity index (χ3v) is 6.51. The van der Waals surface area contributed by atoms with Gasteiger partial charge in [0.05, 0.1) is 24.9 Å². The lowest BCUT2D eigenvalue weighted by atomic mass is 9.94. The number of esters is 4. The van der Waals surface area contributed by atoms with Gasteiger partial charge >= 0.3 is 23.9 Å². The Balaban J connectivity index is 1.98. The molecule has 5 unspecified atom stereocenters. The Bertz CT molecular complexity index is 1030. The van der Waals surface area contributed by atoms with Gasteiger partial charge in [0.25, 0.3) is 0 Å². The van der Waals surface area contributed by atoms with Crippen molar-refractivity contribution < 1.29 is 57.1 Å². The van der Waals surface area contributed by atoms with E-state index in [1.807, 2.05) is 30.3 Å². The molecule has 0 amide bonds. The average Bonchev–Trinajstić information content (AvgIpc) is 2.85.